The average Bonchev–Trinajstić information content (AvgIpc) is 2.52. The minimum atomic E-state index is 0.281. The monoisotopic (exact) mass is 185 g/mol. The van der Waals surface area contributed by atoms with Gasteiger partial charge in [-0.05, 0) is 18.8 Å². The first-order valence-corrected chi connectivity index (χ1v) is 5.34. The molecule has 0 aromatic carbocycles. The number of rotatable bonds is 2. The predicted molar refractivity (Wildman–Crippen MR) is 50.6 cm³/mol. The molecule has 1 aliphatic heterocycles. The summed E-state index contributed by atoms with van der Waals surface area (Å²) in [5.74, 6) is 0.731. The molecule has 0 amide bonds. The first-order chi connectivity index (χ1) is 6.42. The first kappa shape index (κ1) is 9.44. The van der Waals surface area contributed by atoms with Gasteiger partial charge in [-0.25, -0.2) is 0 Å². The van der Waals surface area contributed by atoms with E-state index in [0.717, 1.165) is 32.2 Å². The van der Waals surface area contributed by atoms with Gasteiger partial charge in [0.2, 0.25) is 0 Å². The molecule has 3 heteroatoms. The number of hydrogen-bond donors (Lipinski definition) is 1. The smallest absolute Gasteiger partial charge is 0.0593 e. The summed E-state index contributed by atoms with van der Waals surface area (Å²) >= 11 is 0. The molecule has 0 bridgehead atoms. The summed E-state index contributed by atoms with van der Waals surface area (Å²) in [7, 11) is 0. The Morgan fingerprint density at radius 1 is 1.38 bits per heavy atom. The molecule has 0 aromatic heterocycles. The van der Waals surface area contributed by atoms with E-state index in [0.29, 0.717) is 6.04 Å². The van der Waals surface area contributed by atoms with Crippen LogP contribution in [0.4, 0.5) is 0 Å². The van der Waals surface area contributed by atoms with Crippen LogP contribution in [0, 0.1) is 5.92 Å². The zero-order chi connectivity index (χ0) is 9.10. The number of β-amino-alcohol motifs (C(OH)–C–C–N with tert-alkyl or cyclic N) is 1. The van der Waals surface area contributed by atoms with E-state index in [9.17, 15) is 0 Å². The van der Waals surface area contributed by atoms with Gasteiger partial charge in [-0.15, -0.1) is 0 Å². The second-order valence-corrected chi connectivity index (χ2v) is 4.09. The SMILES string of the molecule is OCCN1CCOCC2CCCC21. The molecule has 2 aliphatic rings. The topological polar surface area (TPSA) is 32.7 Å². The number of hydrogen-bond acceptors (Lipinski definition) is 3. The van der Waals surface area contributed by atoms with Crippen LogP contribution < -0.4 is 0 Å². The Balaban J connectivity index is 1.98. The lowest BCUT2D eigenvalue weighted by molar-refractivity contribution is 0.120. The average molecular weight is 185 g/mol. The summed E-state index contributed by atoms with van der Waals surface area (Å²) in [5.41, 5.74) is 0. The van der Waals surface area contributed by atoms with Crippen LogP contribution >= 0.6 is 0 Å². The normalized spacial score (nSPS) is 35.8. The molecule has 2 rings (SSSR count). The standard InChI is InChI=1S/C10H19NO2/c12-6-4-11-5-7-13-8-9-2-1-3-10(9)11/h9-10,12H,1-8H2. The molecule has 13 heavy (non-hydrogen) atoms. The van der Waals surface area contributed by atoms with E-state index in [4.69, 9.17) is 9.84 Å². The van der Waals surface area contributed by atoms with Gasteiger partial charge in [0.05, 0.1) is 19.8 Å². The quantitative estimate of drug-likeness (QED) is 0.679. The third kappa shape index (κ3) is 2.03. The van der Waals surface area contributed by atoms with Crippen molar-refractivity contribution < 1.29 is 9.84 Å². The highest BCUT2D eigenvalue weighted by molar-refractivity contribution is 4.86. The van der Waals surface area contributed by atoms with E-state index in [2.05, 4.69) is 4.90 Å². The molecule has 0 aromatic rings. The Bertz CT molecular complexity index is 163. The molecule has 2 fully saturated rings. The highest BCUT2D eigenvalue weighted by Crippen LogP contribution is 2.31. The molecule has 1 saturated heterocycles. The second kappa shape index (κ2) is 4.40. The van der Waals surface area contributed by atoms with Crippen molar-refractivity contribution in [1.29, 1.82) is 0 Å². The Morgan fingerprint density at radius 3 is 3.15 bits per heavy atom. The van der Waals surface area contributed by atoms with Crippen molar-refractivity contribution in [3.63, 3.8) is 0 Å². The summed E-state index contributed by atoms with van der Waals surface area (Å²) in [6, 6.07) is 0.689. The van der Waals surface area contributed by atoms with E-state index in [-0.39, 0.29) is 6.61 Å². The van der Waals surface area contributed by atoms with E-state index in [1.54, 1.807) is 0 Å². The molecule has 1 N–H and O–H groups in total. The fraction of sp³-hybridized carbons (Fsp3) is 1.00. The molecular formula is C10H19NO2. The number of ether oxygens (including phenoxy) is 1. The van der Waals surface area contributed by atoms with Crippen LogP contribution in [0.3, 0.4) is 0 Å². The molecule has 2 atom stereocenters. The van der Waals surface area contributed by atoms with Crippen molar-refractivity contribution in [3.8, 4) is 0 Å². The van der Waals surface area contributed by atoms with Crippen molar-refractivity contribution in [3.05, 3.63) is 0 Å². The van der Waals surface area contributed by atoms with Gasteiger partial charge in [-0.1, -0.05) is 6.42 Å². The van der Waals surface area contributed by atoms with E-state index in [1.807, 2.05) is 0 Å². The largest absolute Gasteiger partial charge is 0.395 e. The maximum Gasteiger partial charge on any atom is 0.0593 e. The summed E-state index contributed by atoms with van der Waals surface area (Å²) in [5, 5.41) is 8.95. The van der Waals surface area contributed by atoms with E-state index in [1.165, 1.54) is 19.3 Å². The Hall–Kier alpha value is -0.120. The Kier molecular flexibility index (Phi) is 3.19. The fourth-order valence-electron chi connectivity index (χ4n) is 2.68. The minimum absolute atomic E-state index is 0.281. The first-order valence-electron chi connectivity index (χ1n) is 5.34. The summed E-state index contributed by atoms with van der Waals surface area (Å²) in [4.78, 5) is 2.41. The fourth-order valence-corrected chi connectivity index (χ4v) is 2.68. The highest BCUT2D eigenvalue weighted by atomic mass is 16.5. The zero-order valence-corrected chi connectivity index (χ0v) is 8.11. The van der Waals surface area contributed by atoms with Gasteiger partial charge >= 0.3 is 0 Å². The van der Waals surface area contributed by atoms with Crippen LogP contribution in [0.5, 0.6) is 0 Å². The lowest BCUT2D eigenvalue weighted by atomic mass is 10.0. The number of aliphatic hydroxyl groups excluding tert-OH is 1. The molecule has 76 valence electrons. The third-order valence-electron chi connectivity index (χ3n) is 3.33. The highest BCUT2D eigenvalue weighted by Gasteiger charge is 2.33. The maximum atomic E-state index is 8.95. The minimum Gasteiger partial charge on any atom is -0.395 e. The summed E-state index contributed by atoms with van der Waals surface area (Å²) in [6.45, 7) is 3.88. The molecule has 2 unspecified atom stereocenters. The van der Waals surface area contributed by atoms with Crippen LogP contribution in [0.1, 0.15) is 19.3 Å². The van der Waals surface area contributed by atoms with Crippen molar-refractivity contribution in [1.82, 2.24) is 4.90 Å². The summed E-state index contributed by atoms with van der Waals surface area (Å²) in [6.07, 6.45) is 3.95. The molecule has 1 saturated carbocycles. The molecule has 0 radical (unpaired) electrons. The van der Waals surface area contributed by atoms with Crippen molar-refractivity contribution >= 4 is 0 Å². The van der Waals surface area contributed by atoms with Crippen LogP contribution in [-0.2, 0) is 4.74 Å². The molecule has 3 nitrogen and oxygen atoms in total. The molecule has 0 spiro atoms. The Morgan fingerprint density at radius 2 is 2.31 bits per heavy atom. The lowest BCUT2D eigenvalue weighted by Gasteiger charge is -2.28. The predicted octanol–water partition coefficient (Wildman–Crippen LogP) is 0.480. The van der Waals surface area contributed by atoms with Crippen LogP contribution in [0.2, 0.25) is 0 Å². The second-order valence-electron chi connectivity index (χ2n) is 4.09. The van der Waals surface area contributed by atoms with Crippen LogP contribution in [0.15, 0.2) is 0 Å². The van der Waals surface area contributed by atoms with Crippen molar-refractivity contribution in [2.45, 2.75) is 25.3 Å². The summed E-state index contributed by atoms with van der Waals surface area (Å²) < 4.78 is 5.56. The lowest BCUT2D eigenvalue weighted by Crippen LogP contribution is -2.39. The number of aliphatic hydroxyl groups is 1. The molecule has 1 aliphatic carbocycles. The maximum absolute atomic E-state index is 8.95. The number of nitrogens with zero attached hydrogens (tertiary/aromatic N) is 1. The van der Waals surface area contributed by atoms with E-state index >= 15 is 0 Å². The third-order valence-corrected chi connectivity index (χ3v) is 3.33. The van der Waals surface area contributed by atoms with Gasteiger partial charge in [0.15, 0.2) is 0 Å². The zero-order valence-electron chi connectivity index (χ0n) is 8.11. The Labute approximate surface area is 79.7 Å². The number of fused-ring (bicyclic) bond motifs is 1. The van der Waals surface area contributed by atoms with Gasteiger partial charge in [0.1, 0.15) is 0 Å². The van der Waals surface area contributed by atoms with Crippen molar-refractivity contribution in [2.24, 2.45) is 5.92 Å². The van der Waals surface area contributed by atoms with Gasteiger partial charge in [-0.3, -0.25) is 4.90 Å². The van der Waals surface area contributed by atoms with E-state index < -0.39 is 0 Å². The van der Waals surface area contributed by atoms with Crippen LogP contribution in [-0.4, -0.2) is 49.0 Å². The molecule has 1 heterocycles. The van der Waals surface area contributed by atoms with Gasteiger partial charge in [0, 0.05) is 19.1 Å². The van der Waals surface area contributed by atoms with Crippen molar-refractivity contribution in [2.75, 3.05) is 32.9 Å². The molecular weight excluding hydrogens is 166 g/mol. The van der Waals surface area contributed by atoms with Crippen LogP contribution in [0.25, 0.3) is 0 Å². The van der Waals surface area contributed by atoms with Gasteiger partial charge in [0.25, 0.3) is 0 Å². The van der Waals surface area contributed by atoms with Gasteiger partial charge < -0.3 is 9.84 Å². The van der Waals surface area contributed by atoms with Gasteiger partial charge in [-0.2, -0.15) is 0 Å².